The van der Waals surface area contributed by atoms with Gasteiger partial charge in [0.2, 0.25) is 5.28 Å². The van der Waals surface area contributed by atoms with E-state index in [-0.39, 0.29) is 16.7 Å². The molecule has 6 rings (SSSR count). The molecular weight excluding hydrogens is 459 g/mol. The minimum Gasteiger partial charge on any atom is -0.491 e. The number of halogens is 4. The number of alkyl halides is 3. The van der Waals surface area contributed by atoms with Crippen molar-refractivity contribution in [2.75, 3.05) is 32.2 Å². The second-order valence-corrected chi connectivity index (χ2v) is 9.95. The Morgan fingerprint density at radius 2 is 1.97 bits per heavy atom. The van der Waals surface area contributed by atoms with E-state index in [0.29, 0.717) is 43.4 Å². The van der Waals surface area contributed by atoms with Gasteiger partial charge in [0.05, 0.1) is 19.9 Å². The summed E-state index contributed by atoms with van der Waals surface area (Å²) in [4.78, 5) is 14.4. The van der Waals surface area contributed by atoms with E-state index in [1.54, 1.807) is 17.9 Å². The number of hydrogen-bond acceptors (Lipinski definition) is 6. The molecule has 11 heteroatoms. The lowest BCUT2D eigenvalue weighted by Gasteiger charge is -2.54. The number of ether oxygens (including phenoxy) is 2. The van der Waals surface area contributed by atoms with Gasteiger partial charge in [-0.25, -0.2) is 9.97 Å². The highest BCUT2D eigenvalue weighted by atomic mass is 35.5. The third-order valence-corrected chi connectivity index (χ3v) is 7.71. The maximum Gasteiger partial charge on any atom is 0.434 e. The molecule has 2 aromatic rings. The van der Waals surface area contributed by atoms with Gasteiger partial charge >= 0.3 is 6.18 Å². The van der Waals surface area contributed by atoms with E-state index in [0.717, 1.165) is 32.1 Å². The fraction of sp³-hybridized carbons (Fsp3) is 0.682. The largest absolute Gasteiger partial charge is 0.491 e. The Labute approximate surface area is 195 Å². The summed E-state index contributed by atoms with van der Waals surface area (Å²) >= 11 is 6.00. The minimum absolute atomic E-state index is 0.0799. The molecule has 0 radical (unpaired) electrons. The first-order valence-electron chi connectivity index (χ1n) is 11.2. The van der Waals surface area contributed by atoms with Crippen molar-refractivity contribution in [1.82, 2.24) is 19.5 Å². The van der Waals surface area contributed by atoms with Gasteiger partial charge in [0.15, 0.2) is 17.3 Å². The predicted octanol–water partition coefficient (Wildman–Crippen LogP) is 5.00. The van der Waals surface area contributed by atoms with Crippen LogP contribution in [0, 0.1) is 5.41 Å². The number of aromatic nitrogens is 4. The lowest BCUT2D eigenvalue weighted by molar-refractivity contribution is -0.192. The molecule has 2 saturated heterocycles. The summed E-state index contributed by atoms with van der Waals surface area (Å²) in [5, 5.41) is 0.140. The smallest absolute Gasteiger partial charge is 0.434 e. The molecule has 2 aromatic heterocycles. The predicted molar refractivity (Wildman–Crippen MR) is 116 cm³/mol. The SMILES string of the molecule is COc1cnc(Cl)nc1N(C)CC12CCC(c3nc(C(F)(F)F)cn3C3CCC3)(CC1)OC2. The van der Waals surface area contributed by atoms with Crippen LogP contribution in [0.25, 0.3) is 0 Å². The van der Waals surface area contributed by atoms with Gasteiger partial charge in [-0.05, 0) is 56.5 Å². The first kappa shape index (κ1) is 22.7. The maximum absolute atomic E-state index is 13.5. The van der Waals surface area contributed by atoms with Gasteiger partial charge in [0, 0.05) is 31.2 Å². The van der Waals surface area contributed by atoms with E-state index in [4.69, 9.17) is 21.1 Å². The van der Waals surface area contributed by atoms with Gasteiger partial charge in [-0.15, -0.1) is 0 Å². The van der Waals surface area contributed by atoms with Crippen molar-refractivity contribution >= 4 is 17.4 Å². The Morgan fingerprint density at radius 3 is 2.52 bits per heavy atom. The third kappa shape index (κ3) is 3.95. The molecule has 0 N–H and O–H groups in total. The number of nitrogens with zero attached hydrogens (tertiary/aromatic N) is 5. The summed E-state index contributed by atoms with van der Waals surface area (Å²) < 4.78 is 54.0. The van der Waals surface area contributed by atoms with Gasteiger partial charge in [0.1, 0.15) is 11.4 Å². The lowest BCUT2D eigenvalue weighted by Crippen LogP contribution is -2.54. The molecule has 4 heterocycles. The van der Waals surface area contributed by atoms with Crippen LogP contribution in [0.2, 0.25) is 5.28 Å². The Morgan fingerprint density at radius 1 is 1.24 bits per heavy atom. The molecule has 0 amide bonds. The van der Waals surface area contributed by atoms with Crippen molar-refractivity contribution in [2.24, 2.45) is 5.41 Å². The standard InChI is InChI=1S/C22H27ClF3N5O2/c1-30(17-15(32-2)10-27-19(23)29-17)12-20-6-8-21(9-7-20,33-13-20)18-28-16(22(24,25)26)11-31(18)14-4-3-5-14/h10-11,14H,3-9,12-13H2,1-2H3. The average molecular weight is 486 g/mol. The maximum atomic E-state index is 13.5. The van der Waals surface area contributed by atoms with E-state index < -0.39 is 17.5 Å². The van der Waals surface area contributed by atoms with Crippen LogP contribution in [0.15, 0.2) is 12.4 Å². The van der Waals surface area contributed by atoms with E-state index >= 15 is 0 Å². The van der Waals surface area contributed by atoms with Crippen molar-refractivity contribution in [3.63, 3.8) is 0 Å². The van der Waals surface area contributed by atoms with Crippen molar-refractivity contribution < 1.29 is 22.6 Å². The molecule has 2 bridgehead atoms. The first-order valence-corrected chi connectivity index (χ1v) is 11.6. The highest BCUT2D eigenvalue weighted by molar-refractivity contribution is 6.28. The van der Waals surface area contributed by atoms with Crippen LogP contribution in [0.4, 0.5) is 19.0 Å². The quantitative estimate of drug-likeness (QED) is 0.536. The highest BCUT2D eigenvalue weighted by Gasteiger charge is 2.54. The van der Waals surface area contributed by atoms with Gasteiger partial charge in [-0.2, -0.15) is 18.2 Å². The van der Waals surface area contributed by atoms with Gasteiger partial charge in [0.25, 0.3) is 0 Å². The molecule has 4 fully saturated rings. The van der Waals surface area contributed by atoms with Crippen LogP contribution in [0.3, 0.4) is 0 Å². The molecule has 0 aromatic carbocycles. The Balaban J connectivity index is 1.37. The summed E-state index contributed by atoms with van der Waals surface area (Å²) in [7, 11) is 3.48. The third-order valence-electron chi connectivity index (χ3n) is 7.53. The molecule has 33 heavy (non-hydrogen) atoms. The second-order valence-electron chi connectivity index (χ2n) is 9.61. The van der Waals surface area contributed by atoms with E-state index in [2.05, 4.69) is 15.0 Å². The van der Waals surface area contributed by atoms with Crippen molar-refractivity contribution in [3.05, 3.63) is 29.2 Å². The van der Waals surface area contributed by atoms with Crippen LogP contribution >= 0.6 is 11.6 Å². The van der Waals surface area contributed by atoms with Crippen LogP contribution in [0.1, 0.15) is 62.5 Å². The zero-order chi connectivity index (χ0) is 23.4. The first-order chi connectivity index (χ1) is 15.6. The second kappa shape index (κ2) is 8.01. The summed E-state index contributed by atoms with van der Waals surface area (Å²) in [6, 6.07) is 0.0799. The molecule has 4 aliphatic rings. The Bertz CT molecular complexity index is 1010. The summed E-state index contributed by atoms with van der Waals surface area (Å²) in [6.07, 6.45) is 4.01. The van der Waals surface area contributed by atoms with Gasteiger partial charge in [-0.3, -0.25) is 0 Å². The fourth-order valence-corrected chi connectivity index (χ4v) is 5.53. The van der Waals surface area contributed by atoms with E-state index in [1.807, 2.05) is 11.9 Å². The van der Waals surface area contributed by atoms with Crippen LogP contribution in [-0.4, -0.2) is 46.8 Å². The molecule has 2 aliphatic carbocycles. The van der Waals surface area contributed by atoms with Crippen molar-refractivity contribution in [3.8, 4) is 5.75 Å². The zero-order valence-corrected chi connectivity index (χ0v) is 19.4. The fourth-order valence-electron chi connectivity index (χ4n) is 5.40. The van der Waals surface area contributed by atoms with Crippen LogP contribution in [-0.2, 0) is 16.5 Å². The van der Waals surface area contributed by atoms with Crippen molar-refractivity contribution in [2.45, 2.75) is 62.8 Å². The molecule has 0 unspecified atom stereocenters. The average Bonchev–Trinajstić information content (AvgIpc) is 3.20. The Hall–Kier alpha value is -2.07. The van der Waals surface area contributed by atoms with Gasteiger partial charge < -0.3 is 18.9 Å². The molecule has 0 spiro atoms. The number of methoxy groups -OCH3 is 1. The van der Waals surface area contributed by atoms with Crippen LogP contribution < -0.4 is 9.64 Å². The number of imidazole rings is 1. The molecule has 2 saturated carbocycles. The molecular formula is C22H27ClF3N5O2. The molecule has 7 nitrogen and oxygen atoms in total. The molecule has 180 valence electrons. The normalized spacial score (nSPS) is 27.5. The topological polar surface area (TPSA) is 65.3 Å². The van der Waals surface area contributed by atoms with E-state index in [9.17, 15) is 13.2 Å². The zero-order valence-electron chi connectivity index (χ0n) is 18.7. The molecule has 2 aliphatic heterocycles. The monoisotopic (exact) mass is 485 g/mol. The number of rotatable bonds is 6. The van der Waals surface area contributed by atoms with Crippen LogP contribution in [0.5, 0.6) is 5.75 Å². The molecule has 0 atom stereocenters. The summed E-state index contributed by atoms with van der Waals surface area (Å²) in [5.74, 6) is 1.58. The minimum atomic E-state index is -4.46. The van der Waals surface area contributed by atoms with Crippen molar-refractivity contribution in [1.29, 1.82) is 0 Å². The number of fused-ring (bicyclic) bond motifs is 3. The Kier molecular flexibility index (Phi) is 5.51. The number of anilines is 1. The van der Waals surface area contributed by atoms with Gasteiger partial charge in [-0.1, -0.05) is 0 Å². The highest BCUT2D eigenvalue weighted by Crippen LogP contribution is 2.55. The van der Waals surface area contributed by atoms with E-state index in [1.165, 1.54) is 6.20 Å². The lowest BCUT2D eigenvalue weighted by atomic mass is 9.65. The number of hydrogen-bond donors (Lipinski definition) is 0. The summed E-state index contributed by atoms with van der Waals surface area (Å²) in [5.41, 5.74) is -1.70. The summed E-state index contributed by atoms with van der Waals surface area (Å²) in [6.45, 7) is 1.12.